The number of thioether (sulfide) groups is 1. The summed E-state index contributed by atoms with van der Waals surface area (Å²) in [5, 5.41) is 31.9. The van der Waals surface area contributed by atoms with Gasteiger partial charge in [-0.3, -0.25) is 52.8 Å². The fourth-order valence-corrected chi connectivity index (χ4v) is 10.1. The Labute approximate surface area is 456 Å². The highest BCUT2D eigenvalue weighted by Gasteiger charge is 2.36. The number of fused-ring (bicyclic) bond motifs is 1. The number of nitrogens with zero attached hydrogens (tertiary/aromatic N) is 2. The number of aliphatic carboxylic acids is 1. The van der Waals surface area contributed by atoms with Crippen molar-refractivity contribution in [2.75, 3.05) is 24.7 Å². The number of H-pyrrole nitrogens is 2. The van der Waals surface area contributed by atoms with E-state index in [1.807, 2.05) is 32.0 Å². The molecule has 9 amide bonds. The Morgan fingerprint density at radius 1 is 0.731 bits per heavy atom. The molecule has 1 unspecified atom stereocenters. The van der Waals surface area contributed by atoms with Crippen LogP contribution in [-0.4, -0.2) is 157 Å². The molecule has 8 atom stereocenters. The van der Waals surface area contributed by atoms with E-state index in [4.69, 9.17) is 5.73 Å². The summed E-state index contributed by atoms with van der Waals surface area (Å²) in [6.07, 6.45) is 4.52. The van der Waals surface area contributed by atoms with Crippen molar-refractivity contribution in [1.29, 1.82) is 0 Å². The highest BCUT2D eigenvalue weighted by atomic mass is 32.2. The molecule has 24 nitrogen and oxygen atoms in total. The molecule has 3 heterocycles. The number of carbonyl (C=O) groups is 10. The molecular formula is C53H73N13O11S. The van der Waals surface area contributed by atoms with Gasteiger partial charge in [-0.1, -0.05) is 76.2 Å². The number of rotatable bonds is 30. The maximum Gasteiger partial charge on any atom is 0.321 e. The number of carboxylic acids is 1. The highest BCUT2D eigenvalue weighted by molar-refractivity contribution is 7.99. The summed E-state index contributed by atoms with van der Waals surface area (Å²) in [6, 6.07) is 7.39. The van der Waals surface area contributed by atoms with Crippen molar-refractivity contribution < 1.29 is 53.1 Å². The Morgan fingerprint density at radius 2 is 1.37 bits per heavy atom. The van der Waals surface area contributed by atoms with Crippen LogP contribution in [0.5, 0.6) is 0 Å². The first-order valence-corrected chi connectivity index (χ1v) is 27.0. The maximum absolute atomic E-state index is 14.3. The second kappa shape index (κ2) is 29.6. The average molecular weight is 1100 g/mol. The molecule has 0 radical (unpaired) electrons. The van der Waals surface area contributed by atoms with Gasteiger partial charge in [0.1, 0.15) is 42.3 Å². The van der Waals surface area contributed by atoms with Gasteiger partial charge in [0.15, 0.2) is 0 Å². The van der Waals surface area contributed by atoms with Gasteiger partial charge < -0.3 is 63.3 Å². The first-order valence-electron chi connectivity index (χ1n) is 25.8. The fourth-order valence-electron chi connectivity index (χ4n) is 8.89. The third-order valence-electron chi connectivity index (χ3n) is 12.9. The number of carbonyl (C=O) groups excluding carboxylic acids is 9. The number of aromatic nitrogens is 3. The van der Waals surface area contributed by atoms with Gasteiger partial charge in [0.2, 0.25) is 53.2 Å². The predicted octanol–water partition coefficient (Wildman–Crippen LogP) is -0.104. The van der Waals surface area contributed by atoms with E-state index in [2.05, 4.69) is 57.5 Å². The normalized spacial score (nSPS) is 16.1. The van der Waals surface area contributed by atoms with Crippen molar-refractivity contribution in [2.45, 2.75) is 128 Å². The summed E-state index contributed by atoms with van der Waals surface area (Å²) in [5.74, 6) is -6.90. The number of hydrogen-bond acceptors (Lipinski definition) is 13. The largest absolute Gasteiger partial charge is 0.480 e. The van der Waals surface area contributed by atoms with Crippen LogP contribution in [0.4, 0.5) is 0 Å². The van der Waals surface area contributed by atoms with E-state index in [-0.39, 0.29) is 44.6 Å². The summed E-state index contributed by atoms with van der Waals surface area (Å²) in [6.45, 7) is 9.58. The molecule has 2 aromatic heterocycles. The monoisotopic (exact) mass is 1100 g/mol. The van der Waals surface area contributed by atoms with Crippen LogP contribution in [0.15, 0.2) is 73.3 Å². The number of nitrogens with two attached hydrogens (primary N) is 1. The molecule has 5 rings (SSSR count). The lowest BCUT2D eigenvalue weighted by molar-refractivity contribution is -0.142. The van der Waals surface area contributed by atoms with E-state index in [0.29, 0.717) is 29.3 Å². The first-order chi connectivity index (χ1) is 37.1. The van der Waals surface area contributed by atoms with Gasteiger partial charge in [0.05, 0.1) is 12.9 Å². The van der Waals surface area contributed by atoms with E-state index < -0.39 is 120 Å². The van der Waals surface area contributed by atoms with Gasteiger partial charge in [-0.15, -0.1) is 11.8 Å². The fraction of sp³-hybridized carbons (Fsp3) is 0.491. The number of hydrogen-bond donors (Lipinski definition) is 12. The standard InChI is InChI=1S/C53H73N13O11S/c1-29(2)18-36(25-66-28-78-26-43(66)53(76)77)61-50(73)42(21-35-23-55-27-58-35)62-45(69)24-57-52(75)46(30(3)4)65-47(70)31(5)59-49(72)41(20-34-22-56-38-15-11-10-14-37(34)38)64-48(71)39(16-17-44(54)68)63-51(74)40(60-32(6)67)19-33-12-8-7-9-13-33/h7-15,22-23,27,29-31,36,39-43,46,56H,16-21,24-26,28H2,1-6H3,(H2,54,68)(H,55,58)(H,57,75)(H,59,72)(H,60,67)(H,61,73)(H,62,69)(H,63,74)(H,64,71)(H,65,70)(H,76,77)/t31-,36-,39-,40-,41-,42-,43?,46-/m0/s1. The van der Waals surface area contributed by atoms with E-state index in [9.17, 15) is 53.1 Å². The van der Waals surface area contributed by atoms with Crippen LogP contribution in [0.3, 0.4) is 0 Å². The van der Waals surface area contributed by atoms with E-state index in [1.54, 1.807) is 61.3 Å². The molecule has 2 aromatic carbocycles. The molecular weight excluding hydrogens is 1030 g/mol. The first kappa shape index (κ1) is 61.1. The Balaban J connectivity index is 1.25. The minimum Gasteiger partial charge on any atom is -0.480 e. The van der Waals surface area contributed by atoms with Gasteiger partial charge >= 0.3 is 5.97 Å². The van der Waals surface area contributed by atoms with Crippen molar-refractivity contribution in [3.05, 3.63) is 90.1 Å². The minimum absolute atomic E-state index is 0.0137. The van der Waals surface area contributed by atoms with Crippen molar-refractivity contribution in [1.82, 2.24) is 62.4 Å². The van der Waals surface area contributed by atoms with Gasteiger partial charge in [-0.25, -0.2) is 4.98 Å². The third kappa shape index (κ3) is 19.0. The van der Waals surface area contributed by atoms with Crippen LogP contribution in [-0.2, 0) is 67.2 Å². The lowest BCUT2D eigenvalue weighted by Crippen LogP contribution is -2.60. The second-order valence-electron chi connectivity index (χ2n) is 20.2. The molecule has 25 heteroatoms. The molecule has 78 heavy (non-hydrogen) atoms. The highest BCUT2D eigenvalue weighted by Crippen LogP contribution is 2.23. The molecule has 422 valence electrons. The summed E-state index contributed by atoms with van der Waals surface area (Å²) >= 11 is 1.49. The zero-order chi connectivity index (χ0) is 57.1. The smallest absolute Gasteiger partial charge is 0.321 e. The van der Waals surface area contributed by atoms with E-state index in [0.717, 1.165) is 16.5 Å². The van der Waals surface area contributed by atoms with Crippen LogP contribution in [0, 0.1) is 11.8 Å². The number of carboxylic acid groups (broad SMARTS) is 1. The van der Waals surface area contributed by atoms with Crippen molar-refractivity contribution in [3.8, 4) is 0 Å². The molecule has 0 bridgehead atoms. The lowest BCUT2D eigenvalue weighted by atomic mass is 10.0. The van der Waals surface area contributed by atoms with Crippen molar-refractivity contribution in [3.63, 3.8) is 0 Å². The second-order valence-corrected chi connectivity index (χ2v) is 21.2. The summed E-state index contributed by atoms with van der Waals surface area (Å²) in [5.41, 5.74) is 8.08. The number of primary amides is 1. The zero-order valence-corrected chi connectivity index (χ0v) is 45.5. The topological polar surface area (TPSA) is 361 Å². The predicted molar refractivity (Wildman–Crippen MR) is 290 cm³/mol. The van der Waals surface area contributed by atoms with Crippen molar-refractivity contribution >= 4 is 81.8 Å². The van der Waals surface area contributed by atoms with E-state index >= 15 is 0 Å². The molecule has 1 aliphatic heterocycles. The number of benzene rings is 2. The number of imidazole rings is 1. The number of aromatic amines is 2. The number of amides is 9. The van der Waals surface area contributed by atoms with E-state index in [1.165, 1.54) is 38.1 Å². The quantitative estimate of drug-likeness (QED) is 0.0325. The molecule has 1 aliphatic rings. The molecule has 4 aromatic rings. The van der Waals surface area contributed by atoms with Crippen LogP contribution < -0.4 is 48.3 Å². The van der Waals surface area contributed by atoms with Crippen LogP contribution in [0.25, 0.3) is 10.9 Å². The Hall–Kier alpha value is -7.80. The molecule has 13 N–H and O–H groups in total. The van der Waals surface area contributed by atoms with Crippen LogP contribution >= 0.6 is 11.8 Å². The van der Waals surface area contributed by atoms with Gasteiger partial charge in [-0.2, -0.15) is 0 Å². The van der Waals surface area contributed by atoms with Gasteiger partial charge in [-0.05, 0) is 48.8 Å². The Kier molecular flexibility index (Phi) is 23.2. The number of para-hydroxylation sites is 1. The SMILES string of the molecule is CC(=O)N[C@@H](Cc1ccccc1)C(=O)N[C@@H](CCC(N)=O)C(=O)N[C@@H](Cc1c[nH]c2ccccc12)C(=O)N[C@@H](C)C(=O)N[C@H](C(=O)NCC(=O)N[C@@H](Cc1cnc[nH]1)C(=O)N[C@@H](CC(C)C)CN1CSCC1C(=O)O)C(C)C. The lowest BCUT2D eigenvalue weighted by Gasteiger charge is -2.29. The molecule has 1 saturated heterocycles. The van der Waals surface area contributed by atoms with Crippen LogP contribution in [0.1, 0.15) is 77.6 Å². The molecule has 0 spiro atoms. The van der Waals surface area contributed by atoms with Crippen LogP contribution in [0.2, 0.25) is 0 Å². The summed E-state index contributed by atoms with van der Waals surface area (Å²) in [4.78, 5) is 145. The third-order valence-corrected chi connectivity index (χ3v) is 14.0. The van der Waals surface area contributed by atoms with Gasteiger partial charge in [0, 0.05) is 85.8 Å². The summed E-state index contributed by atoms with van der Waals surface area (Å²) in [7, 11) is 0. The minimum atomic E-state index is -1.41. The molecule has 1 fully saturated rings. The Bertz CT molecular complexity index is 2720. The maximum atomic E-state index is 14.3. The number of nitrogens with one attached hydrogen (secondary N) is 10. The molecule has 0 saturated carbocycles. The Morgan fingerprint density at radius 3 is 2.03 bits per heavy atom. The average Bonchev–Trinajstić information content (AvgIpc) is 4.18. The van der Waals surface area contributed by atoms with Gasteiger partial charge in [0.25, 0.3) is 0 Å². The summed E-state index contributed by atoms with van der Waals surface area (Å²) < 4.78 is 0. The zero-order valence-electron chi connectivity index (χ0n) is 44.7. The molecule has 0 aliphatic carbocycles. The van der Waals surface area contributed by atoms with Crippen molar-refractivity contribution in [2.24, 2.45) is 17.6 Å².